The molecule has 1 saturated heterocycles. The molecule has 6 heteroatoms. The van der Waals surface area contributed by atoms with E-state index in [1.54, 1.807) is 23.1 Å². The average molecular weight is 390 g/mol. The lowest BCUT2D eigenvalue weighted by Gasteiger charge is -2.34. The van der Waals surface area contributed by atoms with Crippen LogP contribution in [0.15, 0.2) is 48.7 Å². The molecular weight excluding hydrogens is 367 g/mol. The maximum absolute atomic E-state index is 14.2. The number of hydrogen-bond acceptors (Lipinski definition) is 4. The van der Waals surface area contributed by atoms with Gasteiger partial charge in [-0.05, 0) is 54.8 Å². The number of aromatic nitrogens is 1. The number of hydrogen-bond donors (Lipinski definition) is 0. The fourth-order valence-corrected chi connectivity index (χ4v) is 4.31. The highest BCUT2D eigenvalue weighted by atomic mass is 19.1. The standard InChI is InChI=1S/C23H23FN4O/c1-26-10-12-27(13-11-26)22-19-15-21-17(14-16(19)6-8-25-22)7-9-28(21)23(29)18-4-2-3-5-20(18)24/h2-6,8,14-15H,7,9-13H2,1H3. The van der Waals surface area contributed by atoms with Crippen LogP contribution in [0.25, 0.3) is 10.8 Å². The van der Waals surface area contributed by atoms with E-state index in [2.05, 4.69) is 34.0 Å². The van der Waals surface area contributed by atoms with Crippen LogP contribution >= 0.6 is 0 Å². The molecule has 0 unspecified atom stereocenters. The number of likely N-dealkylation sites (N-methyl/N-ethyl adjacent to an activating group) is 1. The molecule has 1 amide bonds. The Balaban J connectivity index is 1.56. The van der Waals surface area contributed by atoms with E-state index in [0.29, 0.717) is 6.54 Å². The lowest BCUT2D eigenvalue weighted by molar-refractivity contribution is 0.0985. The number of anilines is 2. The van der Waals surface area contributed by atoms with E-state index in [1.807, 2.05) is 12.3 Å². The highest BCUT2D eigenvalue weighted by Gasteiger charge is 2.28. The van der Waals surface area contributed by atoms with E-state index >= 15 is 0 Å². The van der Waals surface area contributed by atoms with E-state index in [-0.39, 0.29) is 11.5 Å². The van der Waals surface area contributed by atoms with Crippen molar-refractivity contribution in [3.63, 3.8) is 0 Å². The van der Waals surface area contributed by atoms with E-state index in [4.69, 9.17) is 0 Å². The van der Waals surface area contributed by atoms with Crippen molar-refractivity contribution in [3.8, 4) is 0 Å². The maximum atomic E-state index is 14.2. The molecule has 3 heterocycles. The quantitative estimate of drug-likeness (QED) is 0.673. The van der Waals surface area contributed by atoms with Gasteiger partial charge in [0.1, 0.15) is 11.6 Å². The molecule has 0 aliphatic carbocycles. The van der Waals surface area contributed by atoms with Gasteiger partial charge in [0.05, 0.1) is 5.56 Å². The van der Waals surface area contributed by atoms with Gasteiger partial charge in [-0.15, -0.1) is 0 Å². The van der Waals surface area contributed by atoms with Crippen LogP contribution in [0.1, 0.15) is 15.9 Å². The first-order valence-electron chi connectivity index (χ1n) is 10.0. The Bertz CT molecular complexity index is 1090. The molecule has 1 fully saturated rings. The molecule has 5 nitrogen and oxygen atoms in total. The minimum atomic E-state index is -0.480. The van der Waals surface area contributed by atoms with Crippen LogP contribution in [-0.4, -0.2) is 55.6 Å². The van der Waals surface area contributed by atoms with Gasteiger partial charge < -0.3 is 14.7 Å². The van der Waals surface area contributed by atoms with Crippen LogP contribution in [0.4, 0.5) is 15.9 Å². The number of rotatable bonds is 2. The molecule has 2 aliphatic heterocycles. The highest BCUT2D eigenvalue weighted by Crippen LogP contribution is 2.36. The molecule has 2 aromatic carbocycles. The van der Waals surface area contributed by atoms with Crippen LogP contribution in [0, 0.1) is 5.82 Å². The summed E-state index contributed by atoms with van der Waals surface area (Å²) in [4.78, 5) is 24.0. The van der Waals surface area contributed by atoms with Crippen molar-refractivity contribution in [2.75, 3.05) is 49.6 Å². The van der Waals surface area contributed by atoms with Crippen LogP contribution in [0.3, 0.4) is 0 Å². The molecule has 0 atom stereocenters. The van der Waals surface area contributed by atoms with E-state index in [1.165, 1.54) is 6.07 Å². The van der Waals surface area contributed by atoms with Gasteiger partial charge >= 0.3 is 0 Å². The summed E-state index contributed by atoms with van der Waals surface area (Å²) in [6, 6.07) is 12.4. The summed E-state index contributed by atoms with van der Waals surface area (Å²) in [6.45, 7) is 4.42. The monoisotopic (exact) mass is 390 g/mol. The third kappa shape index (κ3) is 3.13. The molecule has 0 bridgehead atoms. The zero-order chi connectivity index (χ0) is 20.0. The van der Waals surface area contributed by atoms with Crippen LogP contribution in [0.2, 0.25) is 0 Å². The van der Waals surface area contributed by atoms with Crippen molar-refractivity contribution < 1.29 is 9.18 Å². The molecule has 5 rings (SSSR count). The fourth-order valence-electron chi connectivity index (χ4n) is 4.31. The lowest BCUT2D eigenvalue weighted by Crippen LogP contribution is -2.44. The first-order valence-corrected chi connectivity index (χ1v) is 10.0. The first-order chi connectivity index (χ1) is 14.1. The number of nitrogens with zero attached hydrogens (tertiary/aromatic N) is 4. The van der Waals surface area contributed by atoms with Crippen molar-refractivity contribution in [1.29, 1.82) is 0 Å². The second kappa shape index (κ2) is 7.12. The Labute approximate surface area is 169 Å². The number of amides is 1. The summed E-state index contributed by atoms with van der Waals surface area (Å²) in [5, 5.41) is 2.18. The number of halogens is 1. The molecule has 0 radical (unpaired) electrons. The summed E-state index contributed by atoms with van der Waals surface area (Å²) < 4.78 is 14.2. The second-order valence-corrected chi connectivity index (χ2v) is 7.81. The lowest BCUT2D eigenvalue weighted by atomic mass is 10.0. The van der Waals surface area contributed by atoms with Gasteiger partial charge in [-0.1, -0.05) is 12.1 Å². The van der Waals surface area contributed by atoms with E-state index in [0.717, 1.165) is 60.4 Å². The molecular formula is C23H23FN4O. The third-order valence-electron chi connectivity index (χ3n) is 5.99. The summed E-state index contributed by atoms with van der Waals surface area (Å²) >= 11 is 0. The molecule has 0 N–H and O–H groups in total. The number of pyridine rings is 1. The molecule has 0 spiro atoms. The van der Waals surface area contributed by atoms with Crippen molar-refractivity contribution in [1.82, 2.24) is 9.88 Å². The van der Waals surface area contributed by atoms with Crippen molar-refractivity contribution in [2.45, 2.75) is 6.42 Å². The van der Waals surface area contributed by atoms with Gasteiger partial charge in [0.2, 0.25) is 0 Å². The molecule has 3 aromatic rings. The maximum Gasteiger partial charge on any atom is 0.261 e. The Morgan fingerprint density at radius 2 is 1.83 bits per heavy atom. The molecule has 2 aliphatic rings. The van der Waals surface area contributed by atoms with E-state index in [9.17, 15) is 9.18 Å². The number of piperazine rings is 1. The average Bonchev–Trinajstić information content (AvgIpc) is 3.15. The molecule has 1 aromatic heterocycles. The predicted octanol–water partition coefficient (Wildman–Crippen LogP) is 3.33. The van der Waals surface area contributed by atoms with Gasteiger partial charge in [0.15, 0.2) is 0 Å². The minimum Gasteiger partial charge on any atom is -0.354 e. The van der Waals surface area contributed by atoms with Crippen molar-refractivity contribution in [2.24, 2.45) is 0 Å². The Morgan fingerprint density at radius 3 is 2.62 bits per heavy atom. The first kappa shape index (κ1) is 18.1. The number of carbonyl (C=O) groups is 1. The van der Waals surface area contributed by atoms with Crippen LogP contribution in [0.5, 0.6) is 0 Å². The second-order valence-electron chi connectivity index (χ2n) is 7.81. The third-order valence-corrected chi connectivity index (χ3v) is 5.99. The van der Waals surface area contributed by atoms with Crippen molar-refractivity contribution in [3.05, 3.63) is 65.6 Å². The van der Waals surface area contributed by atoms with Gasteiger partial charge in [-0.25, -0.2) is 9.37 Å². The van der Waals surface area contributed by atoms with Crippen LogP contribution < -0.4 is 9.80 Å². The highest BCUT2D eigenvalue weighted by molar-refractivity contribution is 6.09. The summed E-state index contributed by atoms with van der Waals surface area (Å²) in [5.41, 5.74) is 2.11. The zero-order valence-electron chi connectivity index (χ0n) is 16.4. The largest absolute Gasteiger partial charge is 0.354 e. The number of benzene rings is 2. The Kier molecular flexibility index (Phi) is 4.43. The van der Waals surface area contributed by atoms with Gasteiger partial charge in [0.25, 0.3) is 5.91 Å². The summed E-state index contributed by atoms with van der Waals surface area (Å²) in [5.74, 6) is 0.196. The molecule has 29 heavy (non-hydrogen) atoms. The minimum absolute atomic E-state index is 0.117. The Morgan fingerprint density at radius 1 is 1.03 bits per heavy atom. The van der Waals surface area contributed by atoms with Gasteiger partial charge in [-0.2, -0.15) is 0 Å². The SMILES string of the molecule is CN1CCN(c2nccc3cc4c(cc23)N(C(=O)c2ccccc2F)CC4)CC1. The number of carbonyl (C=O) groups excluding carboxylic acids is 1. The topological polar surface area (TPSA) is 39.7 Å². The predicted molar refractivity (Wildman–Crippen MR) is 113 cm³/mol. The summed E-state index contributed by atoms with van der Waals surface area (Å²) in [6.07, 6.45) is 2.64. The van der Waals surface area contributed by atoms with Gasteiger partial charge in [-0.3, -0.25) is 4.79 Å². The van der Waals surface area contributed by atoms with Crippen molar-refractivity contribution >= 4 is 28.2 Å². The van der Waals surface area contributed by atoms with Crippen LogP contribution in [-0.2, 0) is 6.42 Å². The molecule has 0 saturated carbocycles. The number of fused-ring (bicyclic) bond motifs is 2. The molecule has 148 valence electrons. The fraction of sp³-hybridized carbons (Fsp3) is 0.304. The summed E-state index contributed by atoms with van der Waals surface area (Å²) in [7, 11) is 2.13. The smallest absolute Gasteiger partial charge is 0.261 e. The normalized spacial score (nSPS) is 17.0. The van der Waals surface area contributed by atoms with Gasteiger partial charge in [0, 0.05) is 50.0 Å². The van der Waals surface area contributed by atoms with E-state index < -0.39 is 5.82 Å². The zero-order valence-corrected chi connectivity index (χ0v) is 16.4. The Hall–Kier alpha value is -2.99.